The van der Waals surface area contributed by atoms with Crippen LogP contribution in [0.3, 0.4) is 0 Å². The molecule has 2 fully saturated rings. The Morgan fingerprint density at radius 1 is 0.558 bits per heavy atom. The maximum atomic E-state index is 13.9. The first kappa shape index (κ1) is 33.5. The fourth-order valence-electron chi connectivity index (χ4n) is 8.32. The molecule has 7 heteroatoms. The van der Waals surface area contributed by atoms with Crippen LogP contribution in [0.4, 0.5) is 4.79 Å². The molecule has 0 bridgehead atoms. The van der Waals surface area contributed by atoms with Gasteiger partial charge in [0, 0.05) is 70.5 Å². The highest BCUT2D eigenvalue weighted by atomic mass is 16.2. The number of carbonyl (C=O) groups is 3. The maximum Gasteiger partial charge on any atom is 0.333 e. The molecule has 1 saturated carbocycles. The number of aryl methyl sites for hydroxylation is 2. The van der Waals surface area contributed by atoms with E-state index in [-0.39, 0.29) is 5.57 Å². The van der Waals surface area contributed by atoms with Crippen molar-refractivity contribution in [1.82, 2.24) is 18.9 Å². The van der Waals surface area contributed by atoms with Crippen molar-refractivity contribution in [2.45, 2.75) is 65.5 Å². The zero-order valence-electron chi connectivity index (χ0n) is 30.4. The van der Waals surface area contributed by atoms with Crippen LogP contribution in [0, 0.1) is 0 Å². The molecule has 2 aromatic heterocycles. The predicted octanol–water partition coefficient (Wildman–Crippen LogP) is 8.20. The van der Waals surface area contributed by atoms with E-state index in [0.717, 1.165) is 70.4 Å². The summed E-state index contributed by atoms with van der Waals surface area (Å²) in [4.78, 5) is 42.7. The van der Waals surface area contributed by atoms with Crippen molar-refractivity contribution >= 4 is 73.3 Å². The van der Waals surface area contributed by atoms with E-state index in [2.05, 4.69) is 120 Å². The topological polar surface area (TPSA) is 67.6 Å². The number of likely N-dealkylation sites (N-methyl/N-ethyl adjacent to an activating group) is 2. The molecule has 0 atom stereocenters. The molecule has 4 amide bonds. The van der Waals surface area contributed by atoms with Gasteiger partial charge in [-0.2, -0.15) is 0 Å². The molecule has 3 heterocycles. The first-order valence-corrected chi connectivity index (χ1v) is 18.6. The molecule has 8 rings (SSSR count). The van der Waals surface area contributed by atoms with Gasteiger partial charge in [0.25, 0.3) is 11.8 Å². The Bertz CT molecular complexity index is 2460. The summed E-state index contributed by atoms with van der Waals surface area (Å²) in [5.41, 5.74) is 4.95. The van der Waals surface area contributed by atoms with Gasteiger partial charge in [-0.05, 0) is 77.5 Å². The molecule has 0 N–H and O–H groups in total. The second-order valence-electron chi connectivity index (χ2n) is 14.1. The SMILES string of the molecule is CCCCn1/c(=C/C=C2\CC/C(=C\C=c3/c4cccc5cccc(c54)n3CCCC)C2=C2C(=O)N(C)C(=O)N(C)C2=O)c2cccc3cccc1c32. The van der Waals surface area contributed by atoms with Crippen molar-refractivity contribution < 1.29 is 14.4 Å². The zero-order valence-corrected chi connectivity index (χ0v) is 30.4. The summed E-state index contributed by atoms with van der Waals surface area (Å²) in [6, 6.07) is 25.2. The fraction of sp³-hybridized carbons (Fsp3) is 0.267. The third-order valence-corrected chi connectivity index (χ3v) is 11.0. The second-order valence-corrected chi connectivity index (χ2v) is 14.1. The number of nitrogens with zero attached hydrogens (tertiary/aromatic N) is 4. The standard InChI is InChI=1S/C45H44N4O3/c1-5-7-27-48-35(33-17-9-13-29-15-11-19-37(48)40(29)33)25-23-31-21-22-32(39(31)42-43(50)46(3)45(52)47(4)44(42)51)24-26-36-34-18-10-14-30-16-12-20-38(41(30)34)49(36)28-8-6-2/h9-20,23-26H,5-8,21-22,27-28H2,1-4H3/b31-23+,32-24+,35-25+,36-26+. The first-order chi connectivity index (χ1) is 25.3. The Morgan fingerprint density at radius 3 is 1.40 bits per heavy atom. The molecule has 1 aliphatic heterocycles. The van der Waals surface area contributed by atoms with E-state index in [4.69, 9.17) is 0 Å². The molecule has 1 saturated heterocycles. The summed E-state index contributed by atoms with van der Waals surface area (Å²) in [6.45, 7) is 6.20. The number of amides is 4. The molecule has 0 spiro atoms. The number of rotatable bonds is 8. The van der Waals surface area contributed by atoms with E-state index in [1.807, 2.05) is 0 Å². The monoisotopic (exact) mass is 688 g/mol. The van der Waals surface area contributed by atoms with E-state index in [1.165, 1.54) is 57.4 Å². The highest BCUT2D eigenvalue weighted by molar-refractivity contribution is 6.29. The van der Waals surface area contributed by atoms with Gasteiger partial charge in [0.15, 0.2) is 0 Å². The fourth-order valence-corrected chi connectivity index (χ4v) is 8.32. The number of allylic oxidation sites excluding steroid dienone is 5. The average Bonchev–Trinajstić information content (AvgIpc) is 3.81. The number of hydrogen-bond acceptors (Lipinski definition) is 3. The van der Waals surface area contributed by atoms with E-state index in [0.29, 0.717) is 18.4 Å². The van der Waals surface area contributed by atoms with Gasteiger partial charge >= 0.3 is 6.03 Å². The van der Waals surface area contributed by atoms with E-state index in [9.17, 15) is 14.4 Å². The highest BCUT2D eigenvalue weighted by Crippen LogP contribution is 2.40. The van der Waals surface area contributed by atoms with Gasteiger partial charge in [-0.3, -0.25) is 19.4 Å². The zero-order chi connectivity index (χ0) is 36.1. The van der Waals surface area contributed by atoms with Crippen LogP contribution in [0.15, 0.2) is 107 Å². The Morgan fingerprint density at radius 2 is 0.981 bits per heavy atom. The first-order valence-electron chi connectivity index (χ1n) is 18.6. The molecule has 2 aliphatic rings. The predicted molar refractivity (Wildman–Crippen MR) is 211 cm³/mol. The number of urea groups is 1. The maximum absolute atomic E-state index is 13.9. The largest absolute Gasteiger partial charge is 0.340 e. The van der Waals surface area contributed by atoms with Crippen molar-refractivity contribution in [2.75, 3.05) is 14.1 Å². The van der Waals surface area contributed by atoms with Crippen molar-refractivity contribution in [2.24, 2.45) is 0 Å². The van der Waals surface area contributed by atoms with E-state index in [1.54, 1.807) is 0 Å². The van der Waals surface area contributed by atoms with Crippen molar-refractivity contribution in [1.29, 1.82) is 0 Å². The van der Waals surface area contributed by atoms with Crippen LogP contribution in [0.1, 0.15) is 52.4 Å². The van der Waals surface area contributed by atoms with Crippen LogP contribution >= 0.6 is 0 Å². The molecule has 0 radical (unpaired) electrons. The molecule has 6 aromatic rings. The minimum Gasteiger partial charge on any atom is -0.340 e. The molecule has 262 valence electrons. The summed E-state index contributed by atoms with van der Waals surface area (Å²) < 4.78 is 4.81. The lowest BCUT2D eigenvalue weighted by Crippen LogP contribution is -2.53. The van der Waals surface area contributed by atoms with Gasteiger partial charge in [0.1, 0.15) is 5.57 Å². The number of unbranched alkanes of at least 4 members (excludes halogenated alkanes) is 2. The quantitative estimate of drug-likeness (QED) is 0.120. The highest BCUT2D eigenvalue weighted by Gasteiger charge is 2.42. The van der Waals surface area contributed by atoms with Crippen LogP contribution < -0.4 is 10.7 Å². The van der Waals surface area contributed by atoms with Gasteiger partial charge in [-0.25, -0.2) is 4.79 Å². The van der Waals surface area contributed by atoms with E-state index >= 15 is 0 Å². The Hall–Kier alpha value is -5.69. The Labute approximate surface area is 303 Å². The van der Waals surface area contributed by atoms with E-state index < -0.39 is 17.8 Å². The third kappa shape index (κ3) is 5.29. The summed E-state index contributed by atoms with van der Waals surface area (Å²) in [6.07, 6.45) is 14.1. The second kappa shape index (κ2) is 13.5. The normalized spacial score (nSPS) is 18.2. The van der Waals surface area contributed by atoms with Crippen molar-refractivity contribution in [3.05, 3.63) is 118 Å². The van der Waals surface area contributed by atoms with Gasteiger partial charge < -0.3 is 9.13 Å². The molecule has 7 nitrogen and oxygen atoms in total. The lowest BCUT2D eigenvalue weighted by atomic mass is 9.95. The molecular weight excluding hydrogens is 645 g/mol. The molecule has 4 aromatic carbocycles. The minimum absolute atomic E-state index is 0.0516. The number of carbonyl (C=O) groups excluding carboxylic acids is 3. The van der Waals surface area contributed by atoms with Gasteiger partial charge in [0.05, 0.1) is 0 Å². The number of aromatic nitrogens is 2. The number of barbiturate groups is 1. The summed E-state index contributed by atoms with van der Waals surface area (Å²) in [5.74, 6) is -1.13. The van der Waals surface area contributed by atoms with Crippen LogP contribution in [-0.4, -0.2) is 50.9 Å². The molecule has 52 heavy (non-hydrogen) atoms. The van der Waals surface area contributed by atoms with Gasteiger partial charge in [-0.1, -0.05) is 99.5 Å². The smallest absolute Gasteiger partial charge is 0.333 e. The van der Waals surface area contributed by atoms with Gasteiger partial charge in [0.2, 0.25) is 0 Å². The summed E-state index contributed by atoms with van der Waals surface area (Å²) in [7, 11) is 2.90. The van der Waals surface area contributed by atoms with Gasteiger partial charge in [-0.15, -0.1) is 0 Å². The van der Waals surface area contributed by atoms with Crippen LogP contribution in [0.2, 0.25) is 0 Å². The minimum atomic E-state index is -0.621. The number of hydrogen-bond donors (Lipinski definition) is 0. The lowest BCUT2D eigenvalue weighted by molar-refractivity contribution is -0.134. The Kier molecular flexibility index (Phi) is 8.66. The molecule has 0 unspecified atom stereocenters. The van der Waals surface area contributed by atoms with Crippen molar-refractivity contribution in [3.63, 3.8) is 0 Å². The summed E-state index contributed by atoms with van der Waals surface area (Å²) >= 11 is 0. The van der Waals surface area contributed by atoms with Crippen LogP contribution in [-0.2, 0) is 22.7 Å². The lowest BCUT2D eigenvalue weighted by Gasteiger charge is -2.30. The molecule has 1 aliphatic carbocycles. The Balaban J connectivity index is 1.36. The third-order valence-electron chi connectivity index (χ3n) is 11.0. The summed E-state index contributed by atoms with van der Waals surface area (Å²) in [5, 5.41) is 9.53. The average molecular weight is 689 g/mol. The van der Waals surface area contributed by atoms with Crippen LogP contribution in [0.5, 0.6) is 0 Å². The van der Waals surface area contributed by atoms with Crippen LogP contribution in [0.25, 0.3) is 55.5 Å². The number of imide groups is 2. The number of benzene rings is 4. The van der Waals surface area contributed by atoms with Crippen molar-refractivity contribution in [3.8, 4) is 0 Å². The molecular formula is C45H44N4O3.